The Morgan fingerprint density at radius 3 is 2.80 bits per heavy atom. The molecule has 9 heteroatoms. The molecule has 0 aliphatic carbocycles. The largest absolute Gasteiger partial charge is 0.488 e. The molecule has 0 bridgehead atoms. The molecule has 0 amide bonds. The maximum absolute atomic E-state index is 12.5. The Morgan fingerprint density at radius 2 is 2.07 bits per heavy atom. The highest BCUT2D eigenvalue weighted by atomic mass is 79.9. The minimum atomic E-state index is -0.477. The molecule has 1 unspecified atom stereocenters. The van der Waals surface area contributed by atoms with Gasteiger partial charge in [0.25, 0.3) is 0 Å². The second-order valence-corrected chi connectivity index (χ2v) is 8.62. The Bertz CT molecular complexity index is 1180. The van der Waals surface area contributed by atoms with Crippen LogP contribution < -0.4 is 10.1 Å². The maximum atomic E-state index is 12.5. The Hall–Kier alpha value is -2.35. The van der Waals surface area contributed by atoms with Crippen LogP contribution in [0.5, 0.6) is 5.75 Å². The summed E-state index contributed by atoms with van der Waals surface area (Å²) in [5, 5.41) is 8.58. The van der Waals surface area contributed by atoms with Crippen molar-refractivity contribution >= 4 is 50.9 Å². The molecule has 0 spiro atoms. The number of benzene rings is 2. The lowest BCUT2D eigenvalue weighted by atomic mass is 9.92. The number of aromatic nitrogens is 3. The van der Waals surface area contributed by atoms with E-state index in [0.717, 1.165) is 21.3 Å². The number of nitrogens with one attached hydrogen (secondary N) is 1. The van der Waals surface area contributed by atoms with Crippen LogP contribution in [0.1, 0.15) is 31.0 Å². The molecule has 0 fully saturated rings. The number of hydrogen-bond acceptors (Lipinski definition) is 5. The molecule has 2 heterocycles. The van der Waals surface area contributed by atoms with Gasteiger partial charge in [-0.1, -0.05) is 45.2 Å². The van der Waals surface area contributed by atoms with Gasteiger partial charge < -0.3 is 10.1 Å². The van der Waals surface area contributed by atoms with Gasteiger partial charge in [-0.3, -0.25) is 4.79 Å². The van der Waals surface area contributed by atoms with E-state index in [4.69, 9.17) is 27.9 Å². The molecule has 0 saturated heterocycles. The number of carbonyl (C=O) groups is 1. The SMILES string of the molecule is CC(=O)C1=C(C)Nc2ncnn2C1c1cc(Br)ccc1OCc1ccc(Cl)cc1Cl. The van der Waals surface area contributed by atoms with Gasteiger partial charge in [0.1, 0.15) is 24.7 Å². The Balaban J connectivity index is 1.77. The van der Waals surface area contributed by atoms with Crippen LogP contribution in [-0.4, -0.2) is 20.5 Å². The van der Waals surface area contributed by atoms with Crippen molar-refractivity contribution in [3.05, 3.63) is 79.6 Å². The standard InChI is InChI=1S/C21H17BrCl2N4O2/c1-11-19(12(2)29)20(28-21(27-11)25-10-26-28)16-7-14(22)4-6-18(16)30-9-13-3-5-15(23)8-17(13)24/h3-8,10,20H,9H2,1-2H3,(H,25,26,27). The highest BCUT2D eigenvalue weighted by Crippen LogP contribution is 2.40. The first kappa shape index (κ1) is 20.9. The molecule has 1 aliphatic rings. The number of carbonyl (C=O) groups excluding carboxylic acids is 1. The van der Waals surface area contributed by atoms with Gasteiger partial charge in [0, 0.05) is 36.9 Å². The van der Waals surface area contributed by atoms with Crippen LogP contribution in [0, 0.1) is 0 Å². The first-order valence-corrected chi connectivity index (χ1v) is 10.6. The van der Waals surface area contributed by atoms with Crippen LogP contribution in [0.3, 0.4) is 0 Å². The van der Waals surface area contributed by atoms with Gasteiger partial charge in [-0.25, -0.2) is 4.68 Å². The van der Waals surface area contributed by atoms with Crippen LogP contribution in [-0.2, 0) is 11.4 Å². The van der Waals surface area contributed by atoms with Gasteiger partial charge in [0.05, 0.1) is 0 Å². The van der Waals surface area contributed by atoms with E-state index < -0.39 is 6.04 Å². The molecule has 4 rings (SSSR count). The minimum Gasteiger partial charge on any atom is -0.488 e. The number of allylic oxidation sites excluding steroid dienone is 2. The quantitative estimate of drug-likeness (QED) is 0.472. The van der Waals surface area contributed by atoms with E-state index in [-0.39, 0.29) is 12.4 Å². The summed E-state index contributed by atoms with van der Waals surface area (Å²) in [6, 6.07) is 10.5. The summed E-state index contributed by atoms with van der Waals surface area (Å²) in [7, 11) is 0. The Kier molecular flexibility index (Phi) is 5.86. The van der Waals surface area contributed by atoms with Crippen molar-refractivity contribution in [1.29, 1.82) is 0 Å². The third kappa shape index (κ3) is 3.97. The smallest absolute Gasteiger partial charge is 0.226 e. The van der Waals surface area contributed by atoms with Gasteiger partial charge in [0.15, 0.2) is 5.78 Å². The molecule has 2 aromatic carbocycles. The fourth-order valence-corrected chi connectivity index (χ4v) is 4.34. The van der Waals surface area contributed by atoms with Crippen LogP contribution in [0.2, 0.25) is 10.0 Å². The zero-order valence-electron chi connectivity index (χ0n) is 16.1. The molecule has 0 radical (unpaired) electrons. The van der Waals surface area contributed by atoms with Crippen molar-refractivity contribution in [2.24, 2.45) is 0 Å². The summed E-state index contributed by atoms with van der Waals surface area (Å²) in [5.41, 5.74) is 2.92. The lowest BCUT2D eigenvalue weighted by molar-refractivity contribution is -0.114. The molecule has 1 N–H and O–H groups in total. The van der Waals surface area contributed by atoms with Gasteiger partial charge in [0.2, 0.25) is 5.95 Å². The number of nitrogens with zero attached hydrogens (tertiary/aromatic N) is 3. The second-order valence-electron chi connectivity index (χ2n) is 6.86. The molecule has 0 saturated carbocycles. The van der Waals surface area contributed by atoms with Crippen molar-refractivity contribution < 1.29 is 9.53 Å². The number of ketones is 1. The maximum Gasteiger partial charge on any atom is 0.226 e. The molecule has 1 aliphatic heterocycles. The van der Waals surface area contributed by atoms with Crippen LogP contribution in [0.4, 0.5) is 5.95 Å². The monoisotopic (exact) mass is 506 g/mol. The van der Waals surface area contributed by atoms with Gasteiger partial charge in [-0.05, 0) is 44.2 Å². The number of halogens is 3. The zero-order valence-corrected chi connectivity index (χ0v) is 19.2. The molecule has 1 atom stereocenters. The topological polar surface area (TPSA) is 69.0 Å². The number of hydrogen-bond donors (Lipinski definition) is 1. The third-order valence-corrected chi connectivity index (χ3v) is 5.92. The number of Topliss-reactive ketones (excluding diaryl/α,β-unsaturated/α-hetero) is 1. The van der Waals surface area contributed by atoms with Crippen molar-refractivity contribution in [1.82, 2.24) is 14.8 Å². The van der Waals surface area contributed by atoms with E-state index in [1.54, 1.807) is 23.7 Å². The Morgan fingerprint density at radius 1 is 1.27 bits per heavy atom. The van der Waals surface area contributed by atoms with Crippen LogP contribution >= 0.6 is 39.1 Å². The second kappa shape index (κ2) is 8.41. The Labute approximate surface area is 192 Å². The fourth-order valence-electron chi connectivity index (χ4n) is 3.49. The first-order chi connectivity index (χ1) is 14.3. The normalized spacial score (nSPS) is 15.6. The number of fused-ring (bicyclic) bond motifs is 1. The van der Waals surface area contributed by atoms with Crippen molar-refractivity contribution in [3.63, 3.8) is 0 Å². The molecule has 30 heavy (non-hydrogen) atoms. The summed E-state index contributed by atoms with van der Waals surface area (Å²) < 4.78 is 8.69. The van der Waals surface area contributed by atoms with Gasteiger partial charge in [-0.2, -0.15) is 10.1 Å². The fraction of sp³-hybridized carbons (Fsp3) is 0.190. The first-order valence-electron chi connectivity index (χ1n) is 9.09. The number of rotatable bonds is 5. The summed E-state index contributed by atoms with van der Waals surface area (Å²) >= 11 is 15.8. The van der Waals surface area contributed by atoms with E-state index in [0.29, 0.717) is 27.3 Å². The predicted octanol–water partition coefficient (Wildman–Crippen LogP) is 5.80. The average molecular weight is 508 g/mol. The minimum absolute atomic E-state index is 0.0576. The van der Waals surface area contributed by atoms with Gasteiger partial charge in [-0.15, -0.1) is 0 Å². The molecule has 154 valence electrons. The summed E-state index contributed by atoms with van der Waals surface area (Å²) in [4.78, 5) is 16.8. The van der Waals surface area contributed by atoms with Crippen LogP contribution in [0.15, 0.2) is 58.5 Å². The summed E-state index contributed by atoms with van der Waals surface area (Å²) in [6.07, 6.45) is 1.46. The van der Waals surface area contributed by atoms with E-state index in [9.17, 15) is 4.79 Å². The molecule has 6 nitrogen and oxygen atoms in total. The number of ether oxygens (including phenoxy) is 1. The average Bonchev–Trinajstić information content (AvgIpc) is 3.14. The van der Waals surface area contributed by atoms with Gasteiger partial charge >= 0.3 is 0 Å². The molecular formula is C21H17BrCl2N4O2. The van der Waals surface area contributed by atoms with E-state index in [1.807, 2.05) is 31.2 Å². The van der Waals surface area contributed by atoms with E-state index in [1.165, 1.54) is 6.33 Å². The lowest BCUT2D eigenvalue weighted by Gasteiger charge is -2.29. The summed E-state index contributed by atoms with van der Waals surface area (Å²) in [6.45, 7) is 3.65. The van der Waals surface area contributed by atoms with Crippen molar-refractivity contribution in [3.8, 4) is 5.75 Å². The highest BCUT2D eigenvalue weighted by molar-refractivity contribution is 9.10. The van der Waals surface area contributed by atoms with E-state index in [2.05, 4.69) is 31.3 Å². The molecule has 3 aromatic rings. The zero-order chi connectivity index (χ0) is 21.4. The van der Waals surface area contributed by atoms with Crippen molar-refractivity contribution in [2.75, 3.05) is 5.32 Å². The van der Waals surface area contributed by atoms with Crippen molar-refractivity contribution in [2.45, 2.75) is 26.5 Å². The van der Waals surface area contributed by atoms with Crippen LogP contribution in [0.25, 0.3) is 0 Å². The molecular weight excluding hydrogens is 491 g/mol. The number of anilines is 1. The lowest BCUT2D eigenvalue weighted by Crippen LogP contribution is -2.28. The van der Waals surface area contributed by atoms with E-state index >= 15 is 0 Å². The predicted molar refractivity (Wildman–Crippen MR) is 120 cm³/mol. The summed E-state index contributed by atoms with van der Waals surface area (Å²) in [5.74, 6) is 1.12. The molecule has 1 aromatic heterocycles. The third-order valence-electron chi connectivity index (χ3n) is 4.84. The highest BCUT2D eigenvalue weighted by Gasteiger charge is 2.33.